The van der Waals surface area contributed by atoms with Gasteiger partial charge < -0.3 is 4.74 Å². The summed E-state index contributed by atoms with van der Waals surface area (Å²) in [5, 5.41) is 13.8. The Kier molecular flexibility index (Phi) is 6.67. The predicted molar refractivity (Wildman–Crippen MR) is 132 cm³/mol. The second-order valence-electron chi connectivity index (χ2n) is 7.22. The van der Waals surface area contributed by atoms with Gasteiger partial charge in [0, 0.05) is 17.2 Å². The first-order chi connectivity index (χ1) is 16.3. The van der Waals surface area contributed by atoms with Crippen molar-refractivity contribution in [3.63, 3.8) is 0 Å². The Bertz CT molecular complexity index is 1310. The molecule has 1 aliphatic heterocycles. The number of nitrogens with zero attached hydrogens (tertiary/aromatic N) is 2. The molecule has 8 nitrogen and oxygen atoms in total. The van der Waals surface area contributed by atoms with Crippen LogP contribution in [0, 0.1) is 10.1 Å². The van der Waals surface area contributed by atoms with Crippen molar-refractivity contribution in [1.29, 1.82) is 0 Å². The minimum atomic E-state index is -0.585. The SMILES string of the molecule is O=C1NC(=S)N(c2ccc(Cl)cc2)C(=O)/C1=C/c1ccc(OCc2ccc([N+](=O)[O-])cc2)cc1. The van der Waals surface area contributed by atoms with Crippen LogP contribution in [0.5, 0.6) is 5.75 Å². The van der Waals surface area contributed by atoms with Gasteiger partial charge in [-0.3, -0.25) is 29.9 Å². The molecule has 2 amide bonds. The number of halogens is 1. The summed E-state index contributed by atoms with van der Waals surface area (Å²) >= 11 is 11.1. The molecule has 3 aromatic rings. The van der Waals surface area contributed by atoms with Gasteiger partial charge in [-0.15, -0.1) is 0 Å². The Morgan fingerprint density at radius 2 is 1.65 bits per heavy atom. The highest BCUT2D eigenvalue weighted by Crippen LogP contribution is 2.24. The molecule has 170 valence electrons. The van der Waals surface area contributed by atoms with E-state index in [1.165, 1.54) is 23.1 Å². The molecule has 4 rings (SSSR count). The average molecular weight is 494 g/mol. The minimum Gasteiger partial charge on any atom is -0.489 e. The zero-order valence-corrected chi connectivity index (χ0v) is 19.0. The second-order valence-corrected chi connectivity index (χ2v) is 8.04. The van der Waals surface area contributed by atoms with Crippen LogP contribution < -0.4 is 15.0 Å². The summed E-state index contributed by atoms with van der Waals surface area (Å²) in [7, 11) is 0. The third-order valence-electron chi connectivity index (χ3n) is 4.93. The number of rotatable bonds is 6. The quantitative estimate of drug-likeness (QED) is 0.176. The molecule has 1 saturated heterocycles. The lowest BCUT2D eigenvalue weighted by Crippen LogP contribution is -2.54. The van der Waals surface area contributed by atoms with E-state index >= 15 is 0 Å². The van der Waals surface area contributed by atoms with Crippen molar-refractivity contribution in [2.75, 3.05) is 4.90 Å². The normalized spacial score (nSPS) is 14.8. The fraction of sp³-hybridized carbons (Fsp3) is 0.0417. The fourth-order valence-electron chi connectivity index (χ4n) is 3.19. The van der Waals surface area contributed by atoms with Gasteiger partial charge in [-0.05, 0) is 78.0 Å². The number of hydrogen-bond acceptors (Lipinski definition) is 6. The summed E-state index contributed by atoms with van der Waals surface area (Å²) in [6, 6.07) is 19.4. The Morgan fingerprint density at radius 3 is 2.26 bits per heavy atom. The van der Waals surface area contributed by atoms with Gasteiger partial charge in [0.05, 0.1) is 10.6 Å². The van der Waals surface area contributed by atoms with Crippen LogP contribution in [0.2, 0.25) is 5.02 Å². The highest BCUT2D eigenvalue weighted by Gasteiger charge is 2.34. The van der Waals surface area contributed by atoms with Crippen molar-refractivity contribution in [2.45, 2.75) is 6.61 Å². The molecule has 0 radical (unpaired) electrons. The van der Waals surface area contributed by atoms with Gasteiger partial charge >= 0.3 is 0 Å². The Balaban J connectivity index is 1.47. The van der Waals surface area contributed by atoms with Crippen molar-refractivity contribution in [2.24, 2.45) is 0 Å². The molecule has 0 bridgehead atoms. The van der Waals surface area contributed by atoms with Gasteiger partial charge in [0.15, 0.2) is 5.11 Å². The molecular weight excluding hydrogens is 478 g/mol. The van der Waals surface area contributed by atoms with Crippen LogP contribution in [0.1, 0.15) is 11.1 Å². The van der Waals surface area contributed by atoms with E-state index in [9.17, 15) is 19.7 Å². The zero-order valence-electron chi connectivity index (χ0n) is 17.4. The number of nitro benzene ring substituents is 1. The maximum absolute atomic E-state index is 13.0. The molecule has 3 aromatic carbocycles. The Hall–Kier alpha value is -4.08. The number of benzene rings is 3. The average Bonchev–Trinajstić information content (AvgIpc) is 2.82. The lowest BCUT2D eigenvalue weighted by Gasteiger charge is -2.28. The highest BCUT2D eigenvalue weighted by molar-refractivity contribution is 7.80. The number of amides is 2. The van der Waals surface area contributed by atoms with Crippen molar-refractivity contribution in [3.8, 4) is 5.75 Å². The van der Waals surface area contributed by atoms with E-state index in [1.54, 1.807) is 60.7 Å². The molecule has 1 fully saturated rings. The first-order valence-electron chi connectivity index (χ1n) is 9.95. The Morgan fingerprint density at radius 1 is 1.00 bits per heavy atom. The third-order valence-corrected chi connectivity index (χ3v) is 5.47. The van der Waals surface area contributed by atoms with Crippen LogP contribution in [0.4, 0.5) is 11.4 Å². The molecule has 1 heterocycles. The molecule has 10 heteroatoms. The number of carbonyl (C=O) groups is 2. The van der Waals surface area contributed by atoms with E-state index in [-0.39, 0.29) is 23.0 Å². The molecule has 34 heavy (non-hydrogen) atoms. The molecule has 0 aliphatic carbocycles. The van der Waals surface area contributed by atoms with Crippen LogP contribution in [0.15, 0.2) is 78.4 Å². The number of ether oxygens (including phenoxy) is 1. The molecule has 1 aliphatic rings. The monoisotopic (exact) mass is 493 g/mol. The van der Waals surface area contributed by atoms with Crippen LogP contribution in [-0.2, 0) is 16.2 Å². The summed E-state index contributed by atoms with van der Waals surface area (Å²) < 4.78 is 5.71. The van der Waals surface area contributed by atoms with Gasteiger partial charge in [-0.2, -0.15) is 0 Å². The van der Waals surface area contributed by atoms with Crippen LogP contribution in [0.25, 0.3) is 6.08 Å². The molecular formula is C24H16ClN3O5S. The number of anilines is 1. The van der Waals surface area contributed by atoms with Gasteiger partial charge in [-0.1, -0.05) is 23.7 Å². The lowest BCUT2D eigenvalue weighted by atomic mass is 10.1. The zero-order chi connectivity index (χ0) is 24.2. The summed E-state index contributed by atoms with van der Waals surface area (Å²) in [6.45, 7) is 0.229. The lowest BCUT2D eigenvalue weighted by molar-refractivity contribution is -0.384. The molecule has 0 aromatic heterocycles. The van der Waals surface area contributed by atoms with Crippen LogP contribution in [-0.4, -0.2) is 21.9 Å². The number of non-ortho nitro benzene ring substituents is 1. The fourth-order valence-corrected chi connectivity index (χ4v) is 3.60. The van der Waals surface area contributed by atoms with Crippen molar-refractivity contribution in [1.82, 2.24) is 5.32 Å². The number of carbonyl (C=O) groups excluding carboxylic acids is 2. The van der Waals surface area contributed by atoms with E-state index in [2.05, 4.69) is 5.32 Å². The van der Waals surface area contributed by atoms with Gasteiger partial charge in [0.25, 0.3) is 17.5 Å². The van der Waals surface area contributed by atoms with E-state index in [0.29, 0.717) is 22.0 Å². The Labute approximate surface area is 204 Å². The van der Waals surface area contributed by atoms with Crippen molar-refractivity contribution < 1.29 is 19.2 Å². The molecule has 0 spiro atoms. The number of nitrogens with one attached hydrogen (secondary N) is 1. The molecule has 0 unspecified atom stereocenters. The number of hydrogen-bond donors (Lipinski definition) is 1. The standard InChI is InChI=1S/C24H16ClN3O5S/c25-17-5-9-18(10-6-17)27-23(30)21(22(29)26-24(27)34)13-15-3-11-20(12-4-15)33-14-16-1-7-19(8-2-16)28(31)32/h1-13H,14H2,(H,26,29,34)/b21-13+. The smallest absolute Gasteiger partial charge is 0.270 e. The van der Waals surface area contributed by atoms with Crippen molar-refractivity contribution in [3.05, 3.63) is 105 Å². The number of thiocarbonyl (C=S) groups is 1. The minimum absolute atomic E-state index is 0.00976. The number of nitro groups is 1. The summed E-state index contributed by atoms with van der Waals surface area (Å²) in [5.41, 5.74) is 1.82. The predicted octanol–water partition coefficient (Wildman–Crippen LogP) is 4.66. The molecule has 1 N–H and O–H groups in total. The molecule has 0 atom stereocenters. The third kappa shape index (κ3) is 5.11. The van der Waals surface area contributed by atoms with E-state index in [1.807, 2.05) is 0 Å². The molecule has 0 saturated carbocycles. The first kappa shape index (κ1) is 23.1. The largest absolute Gasteiger partial charge is 0.489 e. The summed E-state index contributed by atoms with van der Waals surface area (Å²) in [4.78, 5) is 37.0. The van der Waals surface area contributed by atoms with Crippen molar-refractivity contribution >= 4 is 58.2 Å². The van der Waals surface area contributed by atoms with E-state index in [0.717, 1.165) is 5.56 Å². The van der Waals surface area contributed by atoms with Gasteiger partial charge in [0.2, 0.25) is 0 Å². The highest BCUT2D eigenvalue weighted by atomic mass is 35.5. The topological polar surface area (TPSA) is 102 Å². The first-order valence-corrected chi connectivity index (χ1v) is 10.7. The van der Waals surface area contributed by atoms with E-state index in [4.69, 9.17) is 28.6 Å². The van der Waals surface area contributed by atoms with Gasteiger partial charge in [0.1, 0.15) is 17.9 Å². The van der Waals surface area contributed by atoms with Crippen LogP contribution in [0.3, 0.4) is 0 Å². The maximum Gasteiger partial charge on any atom is 0.270 e. The summed E-state index contributed by atoms with van der Waals surface area (Å²) in [5.74, 6) is -0.572. The van der Waals surface area contributed by atoms with Gasteiger partial charge in [-0.25, -0.2) is 0 Å². The second kappa shape index (κ2) is 9.82. The van der Waals surface area contributed by atoms with Crippen LogP contribution >= 0.6 is 23.8 Å². The summed E-state index contributed by atoms with van der Waals surface area (Å²) in [6.07, 6.45) is 1.47. The maximum atomic E-state index is 13.0. The van der Waals surface area contributed by atoms with E-state index < -0.39 is 16.7 Å².